The lowest BCUT2D eigenvalue weighted by Gasteiger charge is -2.22. The second kappa shape index (κ2) is 11.9. The number of nitrogens with one attached hydrogen (secondary N) is 1. The minimum absolute atomic E-state index is 0.0214. The van der Waals surface area contributed by atoms with Crippen molar-refractivity contribution in [3.05, 3.63) is 75.8 Å². The molecular weight excluding hydrogens is 394 g/mol. The van der Waals surface area contributed by atoms with Gasteiger partial charge in [0, 0.05) is 40.3 Å². The molecule has 1 amide bonds. The molecule has 31 heavy (non-hydrogen) atoms. The van der Waals surface area contributed by atoms with Crippen LogP contribution < -0.4 is 5.32 Å². The van der Waals surface area contributed by atoms with E-state index in [9.17, 15) is 19.6 Å². The number of hydrogen-bond donors (Lipinski definition) is 2. The molecule has 0 saturated heterocycles. The Kier molecular flexibility index (Phi) is 9.24. The fraction of sp³-hybridized carbons (Fsp3) is 0.333. The first-order valence-corrected chi connectivity index (χ1v) is 10.3. The van der Waals surface area contributed by atoms with Crippen LogP contribution in [0.3, 0.4) is 0 Å². The van der Waals surface area contributed by atoms with E-state index in [4.69, 9.17) is 0 Å². The van der Waals surface area contributed by atoms with Gasteiger partial charge < -0.3 is 19.8 Å². The molecule has 0 aliphatic heterocycles. The quantitative estimate of drug-likeness (QED) is 0.424. The van der Waals surface area contributed by atoms with Gasteiger partial charge in [0.1, 0.15) is 12.8 Å². The molecule has 1 aromatic heterocycles. The van der Waals surface area contributed by atoms with Gasteiger partial charge in [-0.3, -0.25) is 4.79 Å². The van der Waals surface area contributed by atoms with Crippen molar-refractivity contribution in [2.45, 2.75) is 39.8 Å². The summed E-state index contributed by atoms with van der Waals surface area (Å²) in [7, 11) is 0. The van der Waals surface area contributed by atoms with E-state index in [1.807, 2.05) is 54.8 Å². The van der Waals surface area contributed by atoms with Gasteiger partial charge in [-0.15, -0.1) is 4.91 Å². The van der Waals surface area contributed by atoms with Gasteiger partial charge in [0.15, 0.2) is 0 Å². The van der Waals surface area contributed by atoms with Crippen LogP contribution in [0.15, 0.2) is 53.7 Å². The Labute approximate surface area is 182 Å². The van der Waals surface area contributed by atoms with Gasteiger partial charge in [-0.1, -0.05) is 49.4 Å². The number of fused-ring (bicyclic) bond motifs is 1. The zero-order chi connectivity index (χ0) is 22.8. The highest BCUT2D eigenvalue weighted by atomic mass is 16.3. The zero-order valence-electron chi connectivity index (χ0n) is 18.2. The molecule has 164 valence electrons. The summed E-state index contributed by atoms with van der Waals surface area (Å²) in [6, 6.07) is 15.8. The normalized spacial score (nSPS) is 11.5. The summed E-state index contributed by atoms with van der Waals surface area (Å²) in [4.78, 5) is 31.5. The van der Waals surface area contributed by atoms with Gasteiger partial charge in [0.25, 0.3) is 0 Å². The fourth-order valence-electron chi connectivity index (χ4n) is 3.68. The van der Waals surface area contributed by atoms with Crippen molar-refractivity contribution in [2.75, 3.05) is 13.2 Å². The predicted molar refractivity (Wildman–Crippen MR) is 122 cm³/mol. The van der Waals surface area contributed by atoms with E-state index in [2.05, 4.69) is 29.6 Å². The third-order valence-electron chi connectivity index (χ3n) is 5.09. The first-order chi connectivity index (χ1) is 15.0. The number of carbonyl (C=O) groups excluding carboxylic acids is 2. The van der Waals surface area contributed by atoms with Gasteiger partial charge in [-0.2, -0.15) is 0 Å². The van der Waals surface area contributed by atoms with Crippen LogP contribution >= 0.6 is 0 Å². The lowest BCUT2D eigenvalue weighted by molar-refractivity contribution is -0.118. The van der Waals surface area contributed by atoms with Crippen LogP contribution in [0.2, 0.25) is 0 Å². The first kappa shape index (κ1) is 24.1. The van der Waals surface area contributed by atoms with Crippen LogP contribution in [0.5, 0.6) is 0 Å². The summed E-state index contributed by atoms with van der Waals surface area (Å²) < 4.78 is 1.83. The Morgan fingerprint density at radius 1 is 1.16 bits per heavy atom. The highest BCUT2D eigenvalue weighted by Gasteiger charge is 2.24. The number of carbonyl (C=O) groups is 2. The molecule has 1 heterocycles. The van der Waals surface area contributed by atoms with E-state index < -0.39 is 5.91 Å². The molecule has 0 spiro atoms. The lowest BCUT2D eigenvalue weighted by atomic mass is 9.93. The number of nitroso groups, excluding NO2 is 1. The number of aliphatic hydroxyl groups is 1. The van der Waals surface area contributed by atoms with E-state index in [-0.39, 0.29) is 19.2 Å². The van der Waals surface area contributed by atoms with E-state index in [1.54, 1.807) is 0 Å². The largest absolute Gasteiger partial charge is 0.395 e. The number of aromatic nitrogens is 1. The second-order valence-electron chi connectivity index (χ2n) is 7.13. The maximum Gasteiger partial charge on any atom is 0.305 e. The van der Waals surface area contributed by atoms with Crippen LogP contribution in [0.4, 0.5) is 0 Å². The molecule has 2 N–H and O–H groups in total. The summed E-state index contributed by atoms with van der Waals surface area (Å²) in [6.07, 6.45) is 1.51. The van der Waals surface area contributed by atoms with Crippen LogP contribution in [0, 0.1) is 18.8 Å². The van der Waals surface area contributed by atoms with Gasteiger partial charge in [0.2, 0.25) is 0 Å². The van der Waals surface area contributed by atoms with Crippen molar-refractivity contribution in [3.63, 3.8) is 0 Å². The van der Waals surface area contributed by atoms with Crippen LogP contribution in [-0.4, -0.2) is 35.0 Å². The molecule has 7 heteroatoms. The van der Waals surface area contributed by atoms with Crippen LogP contribution in [0.1, 0.15) is 41.8 Å². The van der Waals surface area contributed by atoms with Gasteiger partial charge >= 0.3 is 5.91 Å². The number of aliphatic hydroxyl groups excluding tert-OH is 1. The standard InChI is InChI=1S/C21H23N3O3.C3H6O/c1-14-7-3-4-8-16(14)21(22-11-12-25)20-15(2)24(13-19(26)23-27)18-10-6-5-9-17(18)20;1-2-3-4/h3-10,21-22,25H,11-13H2,1-2H3;3H,2H2,1H3. The summed E-state index contributed by atoms with van der Waals surface area (Å²) in [5.41, 5.74) is 5.05. The van der Waals surface area contributed by atoms with Gasteiger partial charge in [-0.25, -0.2) is 0 Å². The molecule has 3 rings (SSSR count). The number of para-hydroxylation sites is 1. The lowest BCUT2D eigenvalue weighted by Crippen LogP contribution is -2.26. The molecule has 1 atom stereocenters. The van der Waals surface area contributed by atoms with E-state index >= 15 is 0 Å². The van der Waals surface area contributed by atoms with Crippen LogP contribution in [-0.2, 0) is 16.1 Å². The summed E-state index contributed by atoms with van der Waals surface area (Å²) in [5, 5.41) is 16.3. The van der Waals surface area contributed by atoms with E-state index in [0.717, 1.165) is 39.6 Å². The Bertz CT molecular complexity index is 1040. The number of aldehydes is 1. The average Bonchev–Trinajstić information content (AvgIpc) is 3.06. The third kappa shape index (κ3) is 5.71. The third-order valence-corrected chi connectivity index (χ3v) is 5.09. The van der Waals surface area contributed by atoms with Crippen molar-refractivity contribution < 1.29 is 14.7 Å². The topological polar surface area (TPSA) is 101 Å². The molecule has 0 saturated carbocycles. The molecule has 1 unspecified atom stereocenters. The summed E-state index contributed by atoms with van der Waals surface area (Å²) >= 11 is 0. The van der Waals surface area contributed by atoms with E-state index in [0.29, 0.717) is 13.0 Å². The number of benzene rings is 2. The van der Waals surface area contributed by atoms with Gasteiger partial charge in [-0.05, 0) is 31.0 Å². The van der Waals surface area contributed by atoms with Gasteiger partial charge in [0.05, 0.1) is 12.6 Å². The molecule has 0 fully saturated rings. The van der Waals surface area contributed by atoms with Crippen molar-refractivity contribution in [2.24, 2.45) is 5.18 Å². The molecule has 2 aromatic carbocycles. The van der Waals surface area contributed by atoms with Crippen molar-refractivity contribution in [3.8, 4) is 0 Å². The smallest absolute Gasteiger partial charge is 0.305 e. The molecule has 3 aromatic rings. The number of hydrogen-bond acceptors (Lipinski definition) is 5. The fourth-order valence-corrected chi connectivity index (χ4v) is 3.68. The summed E-state index contributed by atoms with van der Waals surface area (Å²) in [6.45, 7) is 6.18. The molecule has 0 bridgehead atoms. The number of amides is 1. The maximum atomic E-state index is 11.7. The van der Waals surface area contributed by atoms with E-state index in [1.165, 1.54) is 0 Å². The zero-order valence-corrected chi connectivity index (χ0v) is 18.2. The van der Waals surface area contributed by atoms with Crippen molar-refractivity contribution in [1.29, 1.82) is 0 Å². The first-order valence-electron chi connectivity index (χ1n) is 10.3. The maximum absolute atomic E-state index is 11.7. The predicted octanol–water partition coefficient (Wildman–Crippen LogP) is 3.82. The number of rotatable bonds is 8. The average molecular weight is 424 g/mol. The minimum atomic E-state index is -0.707. The molecular formula is C24H29N3O4. The minimum Gasteiger partial charge on any atom is -0.395 e. The second-order valence-corrected chi connectivity index (χ2v) is 7.13. The monoisotopic (exact) mass is 423 g/mol. The Balaban J connectivity index is 0.000000785. The van der Waals surface area contributed by atoms with Crippen molar-refractivity contribution in [1.82, 2.24) is 9.88 Å². The molecule has 0 aliphatic rings. The molecule has 0 aliphatic carbocycles. The highest BCUT2D eigenvalue weighted by molar-refractivity contribution is 5.88. The highest BCUT2D eigenvalue weighted by Crippen LogP contribution is 2.35. The van der Waals surface area contributed by atoms with Crippen molar-refractivity contribution >= 4 is 23.1 Å². The number of nitrogens with zero attached hydrogens (tertiary/aromatic N) is 2. The molecule has 7 nitrogen and oxygen atoms in total. The SMILES string of the molecule is CCC=O.Cc1ccccc1C(NCCO)c1c(C)n(CC(=O)N=O)c2ccccc12. The molecule has 0 radical (unpaired) electrons. The Morgan fingerprint density at radius 3 is 2.42 bits per heavy atom. The Morgan fingerprint density at radius 2 is 1.81 bits per heavy atom. The summed E-state index contributed by atoms with van der Waals surface area (Å²) in [5.74, 6) is -0.707. The van der Waals surface area contributed by atoms with Crippen LogP contribution in [0.25, 0.3) is 10.9 Å². The Hall–Kier alpha value is -3.16. The number of aryl methyl sites for hydroxylation is 1.